The van der Waals surface area contributed by atoms with Gasteiger partial charge in [0, 0.05) is 46.5 Å². The lowest BCUT2D eigenvalue weighted by molar-refractivity contribution is -0.129. The van der Waals surface area contributed by atoms with Gasteiger partial charge in [0.25, 0.3) is 5.91 Å². The Morgan fingerprint density at radius 1 is 1.04 bits per heavy atom. The zero-order valence-electron chi connectivity index (χ0n) is 24.3. The van der Waals surface area contributed by atoms with E-state index in [1.807, 2.05) is 60.7 Å². The van der Waals surface area contributed by atoms with E-state index in [-0.39, 0.29) is 43.7 Å². The normalized spacial score (nSPS) is 17.1. The van der Waals surface area contributed by atoms with E-state index in [0.717, 1.165) is 26.7 Å². The number of aliphatic imine (C=N–C) groups is 1. The molecule has 0 fully saturated rings. The van der Waals surface area contributed by atoms with Crippen molar-refractivity contribution in [1.29, 1.82) is 0 Å². The average Bonchev–Trinajstić information content (AvgIpc) is 3.44. The van der Waals surface area contributed by atoms with Crippen molar-refractivity contribution in [2.24, 2.45) is 10.1 Å². The average molecular weight is 673 g/mol. The molecule has 0 aromatic heterocycles. The van der Waals surface area contributed by atoms with Gasteiger partial charge in [0.15, 0.2) is 11.6 Å². The van der Waals surface area contributed by atoms with Crippen LogP contribution in [0.3, 0.4) is 0 Å². The lowest BCUT2D eigenvalue weighted by Crippen LogP contribution is -2.50. The number of carbonyl (C=O) groups excluding carboxylic acids is 1. The fourth-order valence-electron chi connectivity index (χ4n) is 5.17. The number of amides is 1. The Bertz CT molecular complexity index is 1710. The molecule has 0 saturated heterocycles. The Labute approximate surface area is 268 Å². The smallest absolute Gasteiger partial charge is 0.252 e. The van der Waals surface area contributed by atoms with Crippen LogP contribution in [0.5, 0.6) is 5.75 Å². The summed E-state index contributed by atoms with van der Waals surface area (Å²) in [5.41, 5.74) is 11.2. The van der Waals surface area contributed by atoms with E-state index in [4.69, 9.17) is 25.1 Å². The Kier molecular flexibility index (Phi) is 10.5. The molecule has 1 aliphatic rings. The third kappa shape index (κ3) is 7.51. The molecular weight excluding hydrogens is 641 g/mol. The number of hydrogen-bond acceptors (Lipinski definition) is 6. The molecule has 0 saturated carbocycles. The summed E-state index contributed by atoms with van der Waals surface area (Å²) in [7, 11) is 0. The molecule has 45 heavy (non-hydrogen) atoms. The van der Waals surface area contributed by atoms with E-state index in [2.05, 4.69) is 31.3 Å². The number of carbonyl (C=O) groups is 1. The first kappa shape index (κ1) is 31.7. The molecule has 0 bridgehead atoms. The van der Waals surface area contributed by atoms with Crippen LogP contribution >= 0.6 is 15.9 Å². The second kappa shape index (κ2) is 14.9. The number of nitrogens with one attached hydrogen (secondary N) is 1. The Morgan fingerprint density at radius 2 is 1.76 bits per heavy atom. The highest BCUT2D eigenvalue weighted by atomic mass is 79.9. The highest BCUT2D eigenvalue weighted by Gasteiger charge is 2.54. The molecule has 0 radical (unpaired) electrons. The topological polar surface area (TPSA) is 129 Å². The molecule has 4 aromatic carbocycles. The van der Waals surface area contributed by atoms with Crippen molar-refractivity contribution >= 4 is 27.7 Å². The van der Waals surface area contributed by atoms with Gasteiger partial charge in [0.05, 0.1) is 13.2 Å². The number of hydrogen-bond donors (Lipinski definition) is 2. The van der Waals surface area contributed by atoms with Crippen LogP contribution in [0.2, 0.25) is 0 Å². The Balaban J connectivity index is 1.60. The van der Waals surface area contributed by atoms with Crippen LogP contribution in [0.25, 0.3) is 10.4 Å². The summed E-state index contributed by atoms with van der Waals surface area (Å²) < 4.78 is 26.6. The number of ether oxygens (including phenoxy) is 2. The SMILES string of the molecule is [N-]=[N+]=NCc1ccccc1C[C@@]1(C(=O)NCc2ccc(F)cc2)N=C(c2ccc(OCCCO)cc2)O[C@@H]1c1ccccc1Br. The second-order valence-electron chi connectivity index (χ2n) is 10.5. The van der Waals surface area contributed by atoms with E-state index in [1.165, 1.54) is 12.1 Å². The highest BCUT2D eigenvalue weighted by Crippen LogP contribution is 2.45. The van der Waals surface area contributed by atoms with Gasteiger partial charge >= 0.3 is 0 Å². The third-order valence-electron chi connectivity index (χ3n) is 7.47. The minimum Gasteiger partial charge on any atom is -0.494 e. The van der Waals surface area contributed by atoms with Gasteiger partial charge in [0.1, 0.15) is 11.6 Å². The number of azide groups is 1. The molecule has 1 heterocycles. The molecule has 0 unspecified atom stereocenters. The zero-order chi connectivity index (χ0) is 31.6. The summed E-state index contributed by atoms with van der Waals surface area (Å²) in [5, 5.41) is 15.9. The fourth-order valence-corrected chi connectivity index (χ4v) is 5.66. The predicted molar refractivity (Wildman–Crippen MR) is 172 cm³/mol. The molecule has 4 aromatic rings. The van der Waals surface area contributed by atoms with Gasteiger partial charge in [-0.2, -0.15) is 0 Å². The number of aliphatic hydroxyl groups is 1. The first-order chi connectivity index (χ1) is 21.9. The quantitative estimate of drug-likeness (QED) is 0.0688. The number of rotatable bonds is 13. The molecule has 230 valence electrons. The van der Waals surface area contributed by atoms with Gasteiger partial charge in [-0.15, -0.1) is 0 Å². The molecule has 11 heteroatoms. The van der Waals surface area contributed by atoms with Crippen molar-refractivity contribution < 1.29 is 23.8 Å². The van der Waals surface area contributed by atoms with Gasteiger partial charge in [-0.25, -0.2) is 9.38 Å². The van der Waals surface area contributed by atoms with Gasteiger partial charge < -0.3 is 19.9 Å². The summed E-state index contributed by atoms with van der Waals surface area (Å²) in [4.78, 5) is 22.5. The van der Waals surface area contributed by atoms with Crippen LogP contribution in [-0.2, 0) is 29.0 Å². The minimum absolute atomic E-state index is 0.0382. The second-order valence-corrected chi connectivity index (χ2v) is 11.3. The van der Waals surface area contributed by atoms with Gasteiger partial charge in [-0.3, -0.25) is 4.79 Å². The summed E-state index contributed by atoms with van der Waals surface area (Å²) in [6, 6.07) is 28.1. The van der Waals surface area contributed by atoms with Crippen LogP contribution < -0.4 is 10.1 Å². The maximum absolute atomic E-state index is 14.5. The van der Waals surface area contributed by atoms with E-state index in [1.54, 1.807) is 24.3 Å². The maximum atomic E-state index is 14.5. The zero-order valence-corrected chi connectivity index (χ0v) is 25.9. The van der Waals surface area contributed by atoms with Crippen molar-refractivity contribution in [2.45, 2.75) is 37.6 Å². The lowest BCUT2D eigenvalue weighted by atomic mass is 9.81. The van der Waals surface area contributed by atoms with E-state index < -0.39 is 11.6 Å². The van der Waals surface area contributed by atoms with E-state index >= 15 is 0 Å². The number of aliphatic hydroxyl groups excluding tert-OH is 1. The number of halogens is 2. The summed E-state index contributed by atoms with van der Waals surface area (Å²) >= 11 is 3.65. The van der Waals surface area contributed by atoms with Crippen LogP contribution in [-0.4, -0.2) is 35.7 Å². The van der Waals surface area contributed by atoms with E-state index in [0.29, 0.717) is 24.3 Å². The molecule has 0 spiro atoms. The molecule has 1 aliphatic heterocycles. The lowest BCUT2D eigenvalue weighted by Gasteiger charge is -2.32. The standard InChI is InChI=1S/C34H31BrFN5O4/c35-30-9-4-3-8-29(30)31-34(20-25-6-1-2-7-26(25)22-39-41-37,33(43)38-21-23-10-14-27(36)15-11-23)40-32(45-31)24-12-16-28(17-13-24)44-19-5-18-42/h1-4,6-17,31,42H,5,18-22H2,(H,38,43)/t31-,34-/m1/s1. The number of benzene rings is 4. The monoisotopic (exact) mass is 671 g/mol. The molecule has 1 amide bonds. The van der Waals surface area contributed by atoms with Crippen LogP contribution in [0.4, 0.5) is 4.39 Å². The predicted octanol–water partition coefficient (Wildman–Crippen LogP) is 6.98. The first-order valence-corrected chi connectivity index (χ1v) is 15.2. The number of nitrogens with zero attached hydrogens (tertiary/aromatic N) is 4. The molecular formula is C34H31BrFN5O4. The van der Waals surface area contributed by atoms with Crippen molar-refractivity contribution in [3.63, 3.8) is 0 Å². The minimum atomic E-state index is -1.48. The van der Waals surface area contributed by atoms with Crippen molar-refractivity contribution in [1.82, 2.24) is 5.32 Å². The van der Waals surface area contributed by atoms with Crippen molar-refractivity contribution in [3.8, 4) is 5.75 Å². The summed E-state index contributed by atoms with van der Waals surface area (Å²) in [6.07, 6.45) is -0.191. The molecule has 5 rings (SSSR count). The van der Waals surface area contributed by atoms with Crippen molar-refractivity contribution in [3.05, 3.63) is 146 Å². The fraction of sp³-hybridized carbons (Fsp3) is 0.235. The molecule has 2 N–H and O–H groups in total. The van der Waals surface area contributed by atoms with E-state index in [9.17, 15) is 9.18 Å². The van der Waals surface area contributed by atoms with Crippen molar-refractivity contribution in [2.75, 3.05) is 13.2 Å². The molecule has 0 aliphatic carbocycles. The Morgan fingerprint density at radius 3 is 2.47 bits per heavy atom. The Hall–Kier alpha value is -4.70. The van der Waals surface area contributed by atoms with Crippen LogP contribution in [0, 0.1) is 5.82 Å². The largest absolute Gasteiger partial charge is 0.494 e. The molecule has 9 nitrogen and oxygen atoms in total. The van der Waals surface area contributed by atoms with Gasteiger partial charge in [-0.1, -0.05) is 75.6 Å². The summed E-state index contributed by atoms with van der Waals surface area (Å²) in [6.45, 7) is 0.671. The first-order valence-electron chi connectivity index (χ1n) is 14.4. The third-order valence-corrected chi connectivity index (χ3v) is 8.19. The highest BCUT2D eigenvalue weighted by molar-refractivity contribution is 9.10. The van der Waals surface area contributed by atoms with Gasteiger partial charge in [0.2, 0.25) is 5.90 Å². The van der Waals surface area contributed by atoms with Crippen LogP contribution in [0.1, 0.15) is 40.3 Å². The van der Waals surface area contributed by atoms with Gasteiger partial charge in [-0.05, 0) is 64.7 Å². The summed E-state index contributed by atoms with van der Waals surface area (Å²) in [5.74, 6) is 0.158. The van der Waals surface area contributed by atoms with Crippen LogP contribution in [0.15, 0.2) is 112 Å². The molecule has 2 atom stereocenters. The maximum Gasteiger partial charge on any atom is 0.252 e.